The molecule has 1 unspecified atom stereocenters. The van der Waals surface area contributed by atoms with E-state index in [-0.39, 0.29) is 28.9 Å². The SMILES string of the molecule is NNc1cc(S(=O)(=O)NCC2CCCO2)ccc1[N+](=O)[O-]. The molecule has 116 valence electrons. The molecular weight excluding hydrogens is 300 g/mol. The van der Waals surface area contributed by atoms with Gasteiger partial charge in [-0.15, -0.1) is 0 Å². The number of hydrazine groups is 1. The molecule has 0 spiro atoms. The number of nitrogens with two attached hydrogens (primary N) is 1. The third kappa shape index (κ3) is 3.67. The first-order valence-corrected chi connectivity index (χ1v) is 7.78. The van der Waals surface area contributed by atoms with E-state index in [1.807, 2.05) is 0 Å². The highest BCUT2D eigenvalue weighted by molar-refractivity contribution is 7.89. The van der Waals surface area contributed by atoms with Gasteiger partial charge < -0.3 is 10.2 Å². The van der Waals surface area contributed by atoms with Gasteiger partial charge in [0.15, 0.2) is 0 Å². The highest BCUT2D eigenvalue weighted by Gasteiger charge is 2.22. The van der Waals surface area contributed by atoms with E-state index in [2.05, 4.69) is 10.1 Å². The Morgan fingerprint density at radius 3 is 2.81 bits per heavy atom. The predicted octanol–water partition coefficient (Wildman–Crippen LogP) is 0.338. The lowest BCUT2D eigenvalue weighted by atomic mass is 10.2. The summed E-state index contributed by atoms with van der Waals surface area (Å²) in [6.07, 6.45) is 1.58. The van der Waals surface area contributed by atoms with Crippen molar-refractivity contribution >= 4 is 21.4 Å². The maximum Gasteiger partial charge on any atom is 0.293 e. The monoisotopic (exact) mass is 316 g/mol. The van der Waals surface area contributed by atoms with Crippen molar-refractivity contribution in [3.63, 3.8) is 0 Å². The van der Waals surface area contributed by atoms with E-state index in [1.165, 1.54) is 0 Å². The predicted molar refractivity (Wildman–Crippen MR) is 75.1 cm³/mol. The largest absolute Gasteiger partial charge is 0.377 e. The Morgan fingerprint density at radius 2 is 2.24 bits per heavy atom. The summed E-state index contributed by atoms with van der Waals surface area (Å²) in [4.78, 5) is 10.0. The normalized spacial score (nSPS) is 18.6. The molecule has 0 aliphatic carbocycles. The van der Waals surface area contributed by atoms with Crippen molar-refractivity contribution in [2.45, 2.75) is 23.8 Å². The van der Waals surface area contributed by atoms with Crippen LogP contribution in [-0.4, -0.2) is 32.6 Å². The molecule has 0 aromatic heterocycles. The number of rotatable bonds is 6. The number of nitrogens with one attached hydrogen (secondary N) is 2. The van der Waals surface area contributed by atoms with E-state index < -0.39 is 14.9 Å². The number of nitro benzene ring substituents is 1. The lowest BCUT2D eigenvalue weighted by molar-refractivity contribution is -0.384. The summed E-state index contributed by atoms with van der Waals surface area (Å²) in [5.41, 5.74) is 1.76. The van der Waals surface area contributed by atoms with Gasteiger partial charge >= 0.3 is 0 Å². The van der Waals surface area contributed by atoms with Gasteiger partial charge in [-0.3, -0.25) is 16.0 Å². The van der Waals surface area contributed by atoms with Crippen LogP contribution in [0.4, 0.5) is 11.4 Å². The molecule has 1 saturated heterocycles. The minimum Gasteiger partial charge on any atom is -0.377 e. The standard InChI is InChI=1S/C11H16N4O5S/c12-14-10-6-9(3-4-11(10)15(16)17)21(18,19)13-7-8-2-1-5-20-8/h3-4,6,8,13-14H,1-2,5,7,12H2. The average molecular weight is 316 g/mol. The molecule has 1 atom stereocenters. The fourth-order valence-electron chi connectivity index (χ4n) is 2.05. The molecule has 1 aromatic rings. The Bertz CT molecular complexity index is 628. The van der Waals surface area contributed by atoms with E-state index >= 15 is 0 Å². The summed E-state index contributed by atoms with van der Waals surface area (Å²) >= 11 is 0. The highest BCUT2D eigenvalue weighted by atomic mass is 32.2. The van der Waals surface area contributed by atoms with Crippen LogP contribution >= 0.6 is 0 Å². The molecule has 0 saturated carbocycles. The molecule has 0 bridgehead atoms. The van der Waals surface area contributed by atoms with Crippen LogP contribution < -0.4 is 16.0 Å². The molecule has 1 aliphatic rings. The lowest BCUT2D eigenvalue weighted by Gasteiger charge is -2.12. The first-order chi connectivity index (χ1) is 9.94. The summed E-state index contributed by atoms with van der Waals surface area (Å²) in [6, 6.07) is 3.38. The maximum atomic E-state index is 12.1. The second-order valence-electron chi connectivity index (χ2n) is 4.57. The molecule has 10 heteroatoms. The molecule has 21 heavy (non-hydrogen) atoms. The van der Waals surface area contributed by atoms with Gasteiger partial charge in [0.1, 0.15) is 5.69 Å². The van der Waals surface area contributed by atoms with Gasteiger partial charge in [0.2, 0.25) is 10.0 Å². The molecule has 4 N–H and O–H groups in total. The maximum absolute atomic E-state index is 12.1. The topological polar surface area (TPSA) is 137 Å². The van der Waals surface area contributed by atoms with Gasteiger partial charge in [0, 0.05) is 19.2 Å². The van der Waals surface area contributed by atoms with Crippen molar-refractivity contribution in [3.05, 3.63) is 28.3 Å². The Labute approximate surface area is 121 Å². The first kappa shape index (κ1) is 15.6. The van der Waals surface area contributed by atoms with E-state index in [9.17, 15) is 18.5 Å². The van der Waals surface area contributed by atoms with Crippen molar-refractivity contribution in [3.8, 4) is 0 Å². The van der Waals surface area contributed by atoms with Gasteiger partial charge in [-0.2, -0.15) is 0 Å². The Kier molecular flexibility index (Phi) is 4.73. The molecule has 0 radical (unpaired) electrons. The summed E-state index contributed by atoms with van der Waals surface area (Å²) in [7, 11) is -3.77. The zero-order chi connectivity index (χ0) is 15.5. The molecule has 2 rings (SSSR count). The van der Waals surface area contributed by atoms with Crippen LogP contribution in [-0.2, 0) is 14.8 Å². The van der Waals surface area contributed by atoms with Crippen LogP contribution in [0.2, 0.25) is 0 Å². The third-order valence-corrected chi connectivity index (χ3v) is 4.58. The van der Waals surface area contributed by atoms with E-state index in [4.69, 9.17) is 10.6 Å². The average Bonchev–Trinajstić information content (AvgIpc) is 2.97. The molecule has 0 amide bonds. The number of nitro groups is 1. The Hall–Kier alpha value is -1.75. The van der Waals surface area contributed by atoms with Crippen LogP contribution in [0.15, 0.2) is 23.1 Å². The first-order valence-electron chi connectivity index (χ1n) is 6.30. The number of nitrogens with zero attached hydrogens (tertiary/aromatic N) is 1. The van der Waals surface area contributed by atoms with Crippen LogP contribution in [0.25, 0.3) is 0 Å². The minimum atomic E-state index is -3.77. The number of nitrogen functional groups attached to an aromatic ring is 1. The molecule has 1 heterocycles. The Balaban J connectivity index is 2.17. The van der Waals surface area contributed by atoms with E-state index in [0.717, 1.165) is 31.0 Å². The van der Waals surface area contributed by atoms with Crippen LogP contribution in [0.1, 0.15) is 12.8 Å². The van der Waals surface area contributed by atoms with Crippen LogP contribution in [0.5, 0.6) is 0 Å². The van der Waals surface area contributed by atoms with E-state index in [0.29, 0.717) is 6.61 Å². The number of hydrogen-bond donors (Lipinski definition) is 3. The van der Waals surface area contributed by atoms with Crippen LogP contribution in [0, 0.1) is 10.1 Å². The van der Waals surface area contributed by atoms with Crippen LogP contribution in [0.3, 0.4) is 0 Å². The zero-order valence-corrected chi connectivity index (χ0v) is 11.9. The quantitative estimate of drug-likeness (QED) is 0.391. The van der Waals surface area contributed by atoms with Gasteiger partial charge in [-0.1, -0.05) is 0 Å². The number of hydrogen-bond acceptors (Lipinski definition) is 7. The summed E-state index contributed by atoms with van der Waals surface area (Å²) in [5.74, 6) is 5.18. The van der Waals surface area contributed by atoms with Crippen molar-refractivity contribution in [2.75, 3.05) is 18.6 Å². The molecule has 1 fully saturated rings. The lowest BCUT2D eigenvalue weighted by Crippen LogP contribution is -2.31. The summed E-state index contributed by atoms with van der Waals surface area (Å²) in [5, 5.41) is 10.8. The minimum absolute atomic E-state index is 0.0695. The summed E-state index contributed by atoms with van der Waals surface area (Å²) < 4.78 is 32.0. The van der Waals surface area contributed by atoms with Crippen molar-refractivity contribution in [2.24, 2.45) is 5.84 Å². The number of anilines is 1. The second-order valence-corrected chi connectivity index (χ2v) is 6.33. The second kappa shape index (κ2) is 6.35. The van der Waals surface area contributed by atoms with Crippen molar-refractivity contribution in [1.82, 2.24) is 4.72 Å². The molecular formula is C11H16N4O5S. The van der Waals surface area contributed by atoms with Crippen molar-refractivity contribution in [1.29, 1.82) is 0 Å². The molecule has 1 aromatic carbocycles. The highest BCUT2D eigenvalue weighted by Crippen LogP contribution is 2.26. The zero-order valence-electron chi connectivity index (χ0n) is 11.1. The van der Waals surface area contributed by atoms with Gasteiger partial charge in [0.05, 0.1) is 15.9 Å². The number of ether oxygens (including phenoxy) is 1. The van der Waals surface area contributed by atoms with Crippen molar-refractivity contribution < 1.29 is 18.1 Å². The Morgan fingerprint density at radius 1 is 1.48 bits per heavy atom. The van der Waals surface area contributed by atoms with E-state index in [1.54, 1.807) is 0 Å². The number of sulfonamides is 1. The molecule has 9 nitrogen and oxygen atoms in total. The third-order valence-electron chi connectivity index (χ3n) is 3.16. The smallest absolute Gasteiger partial charge is 0.293 e. The van der Waals surface area contributed by atoms with Gasteiger partial charge in [-0.25, -0.2) is 13.1 Å². The fourth-order valence-corrected chi connectivity index (χ4v) is 3.14. The fraction of sp³-hybridized carbons (Fsp3) is 0.455. The number of benzene rings is 1. The summed E-state index contributed by atoms with van der Waals surface area (Å²) in [6.45, 7) is 0.801. The van der Waals surface area contributed by atoms with Gasteiger partial charge in [-0.05, 0) is 25.0 Å². The van der Waals surface area contributed by atoms with Gasteiger partial charge in [0.25, 0.3) is 5.69 Å². The molecule has 1 aliphatic heterocycles.